The largest absolute Gasteiger partial charge is 0.480 e. The van der Waals surface area contributed by atoms with E-state index in [-0.39, 0.29) is 11.5 Å². The Morgan fingerprint density at radius 3 is 2.83 bits per heavy atom. The van der Waals surface area contributed by atoms with Gasteiger partial charge in [-0.25, -0.2) is 0 Å². The molecule has 1 aliphatic carbocycles. The van der Waals surface area contributed by atoms with Crippen molar-refractivity contribution >= 4 is 5.97 Å². The highest BCUT2D eigenvalue weighted by Gasteiger charge is 2.56. The molecule has 0 spiro atoms. The zero-order valence-electron chi connectivity index (χ0n) is 10.7. The summed E-state index contributed by atoms with van der Waals surface area (Å²) in [6.07, 6.45) is 3.24. The van der Waals surface area contributed by atoms with Crippen molar-refractivity contribution in [2.45, 2.75) is 44.8 Å². The Bertz CT molecular complexity index is 459. The summed E-state index contributed by atoms with van der Waals surface area (Å²) in [5.74, 6) is -0.657. The molecular weight excluding hydrogens is 226 g/mol. The summed E-state index contributed by atoms with van der Waals surface area (Å²) >= 11 is 0. The smallest absolute Gasteiger partial charge is 0.321 e. The standard InChI is InChI=1S/C15H19NO2/c1-15-8-7-12(9-15)16(13(15)14(17)18)10-11-5-3-2-4-6-11/h2-6,12-13H,7-10H2,1H3,(H,17,18)/t12-,13+,15?/m0/s1. The average Bonchev–Trinajstić information content (AvgIpc) is 2.83. The molecule has 2 bridgehead atoms. The lowest BCUT2D eigenvalue weighted by Crippen LogP contribution is -2.48. The third-order valence-electron chi connectivity index (χ3n) is 4.65. The fourth-order valence-corrected chi connectivity index (χ4v) is 3.84. The van der Waals surface area contributed by atoms with Gasteiger partial charge < -0.3 is 5.11 Å². The molecule has 96 valence electrons. The van der Waals surface area contributed by atoms with Crippen LogP contribution in [0.4, 0.5) is 0 Å². The van der Waals surface area contributed by atoms with E-state index in [9.17, 15) is 9.90 Å². The summed E-state index contributed by atoms with van der Waals surface area (Å²) in [5.41, 5.74) is 1.19. The number of nitrogens with zero attached hydrogens (tertiary/aromatic N) is 1. The van der Waals surface area contributed by atoms with Crippen LogP contribution in [0, 0.1) is 5.41 Å². The predicted molar refractivity (Wildman–Crippen MR) is 69.2 cm³/mol. The molecule has 1 aromatic rings. The van der Waals surface area contributed by atoms with Crippen LogP contribution in [-0.4, -0.2) is 28.1 Å². The van der Waals surface area contributed by atoms with Gasteiger partial charge in [0.05, 0.1) is 0 Å². The molecule has 0 aromatic heterocycles. The molecule has 1 aromatic carbocycles. The molecule has 0 radical (unpaired) electrons. The Balaban J connectivity index is 1.85. The van der Waals surface area contributed by atoms with E-state index in [0.29, 0.717) is 6.04 Å². The monoisotopic (exact) mass is 245 g/mol. The van der Waals surface area contributed by atoms with Crippen molar-refractivity contribution in [2.75, 3.05) is 0 Å². The van der Waals surface area contributed by atoms with Gasteiger partial charge in [0.2, 0.25) is 0 Å². The van der Waals surface area contributed by atoms with Crippen LogP contribution in [0.25, 0.3) is 0 Å². The molecule has 1 saturated heterocycles. The summed E-state index contributed by atoms with van der Waals surface area (Å²) in [6.45, 7) is 2.90. The van der Waals surface area contributed by atoms with Crippen molar-refractivity contribution in [2.24, 2.45) is 5.41 Å². The van der Waals surface area contributed by atoms with Gasteiger partial charge in [-0.3, -0.25) is 9.69 Å². The third kappa shape index (κ3) is 1.74. The van der Waals surface area contributed by atoms with Crippen molar-refractivity contribution in [1.29, 1.82) is 0 Å². The van der Waals surface area contributed by atoms with Crippen LogP contribution in [0.15, 0.2) is 30.3 Å². The van der Waals surface area contributed by atoms with Gasteiger partial charge in [-0.15, -0.1) is 0 Å². The minimum Gasteiger partial charge on any atom is -0.480 e. The summed E-state index contributed by atoms with van der Waals surface area (Å²) in [4.78, 5) is 13.8. The highest BCUT2D eigenvalue weighted by atomic mass is 16.4. The molecule has 3 rings (SSSR count). The van der Waals surface area contributed by atoms with Crippen LogP contribution in [0.2, 0.25) is 0 Å². The van der Waals surface area contributed by atoms with Crippen LogP contribution in [0.3, 0.4) is 0 Å². The van der Waals surface area contributed by atoms with Crippen molar-refractivity contribution in [3.8, 4) is 0 Å². The molecule has 1 heterocycles. The zero-order valence-corrected chi connectivity index (χ0v) is 10.7. The quantitative estimate of drug-likeness (QED) is 0.889. The molecule has 1 N–H and O–H groups in total. The van der Waals surface area contributed by atoms with Gasteiger partial charge in [0.1, 0.15) is 6.04 Å². The number of rotatable bonds is 3. The Labute approximate surface area is 107 Å². The van der Waals surface area contributed by atoms with Gasteiger partial charge in [-0.1, -0.05) is 37.3 Å². The van der Waals surface area contributed by atoms with E-state index in [0.717, 1.165) is 25.8 Å². The van der Waals surface area contributed by atoms with E-state index in [1.54, 1.807) is 0 Å². The molecule has 1 saturated carbocycles. The summed E-state index contributed by atoms with van der Waals surface area (Å²) in [7, 11) is 0. The lowest BCUT2D eigenvalue weighted by atomic mass is 9.82. The number of aliphatic carboxylic acids is 1. The number of carboxylic acid groups (broad SMARTS) is 1. The Hall–Kier alpha value is -1.35. The number of carbonyl (C=O) groups is 1. The Morgan fingerprint density at radius 1 is 1.44 bits per heavy atom. The number of benzene rings is 1. The molecule has 3 atom stereocenters. The number of hydrogen-bond acceptors (Lipinski definition) is 2. The summed E-state index contributed by atoms with van der Waals surface area (Å²) in [6, 6.07) is 10.3. The summed E-state index contributed by atoms with van der Waals surface area (Å²) in [5, 5.41) is 9.51. The van der Waals surface area contributed by atoms with E-state index in [2.05, 4.69) is 24.0 Å². The Morgan fingerprint density at radius 2 is 2.17 bits per heavy atom. The number of hydrogen-bond donors (Lipinski definition) is 1. The van der Waals surface area contributed by atoms with Gasteiger partial charge in [0, 0.05) is 12.6 Å². The molecule has 3 heteroatoms. The van der Waals surface area contributed by atoms with Gasteiger partial charge in [-0.05, 0) is 30.2 Å². The fourth-order valence-electron chi connectivity index (χ4n) is 3.84. The van der Waals surface area contributed by atoms with E-state index >= 15 is 0 Å². The maximum absolute atomic E-state index is 11.6. The van der Waals surface area contributed by atoms with E-state index < -0.39 is 5.97 Å². The van der Waals surface area contributed by atoms with Crippen molar-refractivity contribution in [3.63, 3.8) is 0 Å². The topological polar surface area (TPSA) is 40.5 Å². The second-order valence-corrected chi connectivity index (χ2v) is 5.95. The van der Waals surface area contributed by atoms with Crippen molar-refractivity contribution in [1.82, 2.24) is 4.90 Å². The van der Waals surface area contributed by atoms with Crippen molar-refractivity contribution < 1.29 is 9.90 Å². The molecule has 0 amide bonds. The maximum Gasteiger partial charge on any atom is 0.321 e. The fraction of sp³-hybridized carbons (Fsp3) is 0.533. The first-order chi connectivity index (χ1) is 8.60. The van der Waals surface area contributed by atoms with Crippen LogP contribution in [0.1, 0.15) is 31.7 Å². The van der Waals surface area contributed by atoms with E-state index in [1.807, 2.05) is 18.2 Å². The molecule has 3 nitrogen and oxygen atoms in total. The number of fused-ring (bicyclic) bond motifs is 2. The maximum atomic E-state index is 11.6. The molecule has 2 aliphatic rings. The van der Waals surface area contributed by atoms with E-state index in [4.69, 9.17) is 0 Å². The highest BCUT2D eigenvalue weighted by Crippen LogP contribution is 2.52. The van der Waals surface area contributed by atoms with Gasteiger partial charge >= 0.3 is 5.97 Å². The SMILES string of the molecule is CC12CC[C@@H](C1)N(Cc1ccccc1)[C@@H]2C(=O)O. The lowest BCUT2D eigenvalue weighted by Gasteiger charge is -2.37. The number of piperidine rings is 1. The average molecular weight is 245 g/mol. The minimum atomic E-state index is -0.657. The van der Waals surface area contributed by atoms with Gasteiger partial charge in [-0.2, -0.15) is 0 Å². The molecule has 2 fully saturated rings. The first-order valence-electron chi connectivity index (χ1n) is 6.63. The molecule has 1 aliphatic heterocycles. The molecular formula is C15H19NO2. The second-order valence-electron chi connectivity index (χ2n) is 5.95. The van der Waals surface area contributed by atoms with E-state index in [1.165, 1.54) is 5.56 Å². The Kier molecular flexibility index (Phi) is 2.67. The lowest BCUT2D eigenvalue weighted by molar-refractivity contribution is -0.147. The van der Waals surface area contributed by atoms with Crippen LogP contribution in [-0.2, 0) is 11.3 Å². The molecule has 1 unspecified atom stereocenters. The van der Waals surface area contributed by atoms with Crippen LogP contribution >= 0.6 is 0 Å². The summed E-state index contributed by atoms with van der Waals surface area (Å²) < 4.78 is 0. The number of carboxylic acids is 1. The first-order valence-corrected chi connectivity index (χ1v) is 6.63. The highest BCUT2D eigenvalue weighted by molar-refractivity contribution is 5.75. The number of likely N-dealkylation sites (tertiary alicyclic amines) is 1. The predicted octanol–water partition coefficient (Wildman–Crippen LogP) is 2.51. The molecule has 18 heavy (non-hydrogen) atoms. The van der Waals surface area contributed by atoms with Gasteiger partial charge in [0.15, 0.2) is 0 Å². The van der Waals surface area contributed by atoms with Gasteiger partial charge in [0.25, 0.3) is 0 Å². The zero-order chi connectivity index (χ0) is 12.8. The minimum absolute atomic E-state index is 0.0225. The third-order valence-corrected chi connectivity index (χ3v) is 4.65. The van der Waals surface area contributed by atoms with Crippen LogP contribution < -0.4 is 0 Å². The normalized spacial score (nSPS) is 34.9. The first kappa shape index (κ1) is 11.7. The second kappa shape index (κ2) is 4.09. The van der Waals surface area contributed by atoms with Crippen LogP contribution in [0.5, 0.6) is 0 Å². The van der Waals surface area contributed by atoms with Crippen molar-refractivity contribution in [3.05, 3.63) is 35.9 Å².